The quantitative estimate of drug-likeness (QED) is 0.699. The van der Waals surface area contributed by atoms with Crippen LogP contribution in [0.5, 0.6) is 0 Å². The summed E-state index contributed by atoms with van der Waals surface area (Å²) in [7, 11) is 0. The van der Waals surface area contributed by atoms with Gasteiger partial charge in [-0.3, -0.25) is 0 Å². The largest absolute Gasteiger partial charge is 0.365 e. The van der Waals surface area contributed by atoms with Crippen molar-refractivity contribution in [1.82, 2.24) is 25.1 Å². The van der Waals surface area contributed by atoms with Gasteiger partial charge in [-0.1, -0.05) is 59.5 Å². The molecular weight excluding hydrogens is 342 g/mol. The molecular formula is C20H23N5O2. The van der Waals surface area contributed by atoms with Crippen LogP contribution in [0.1, 0.15) is 66.8 Å². The minimum Gasteiger partial charge on any atom is -0.365 e. The third-order valence-corrected chi connectivity index (χ3v) is 5.65. The highest BCUT2D eigenvalue weighted by molar-refractivity contribution is 5.51. The lowest BCUT2D eigenvalue weighted by atomic mass is 9.89. The van der Waals surface area contributed by atoms with Gasteiger partial charge in [-0.15, -0.1) is 5.10 Å². The molecule has 27 heavy (non-hydrogen) atoms. The van der Waals surface area contributed by atoms with Gasteiger partial charge in [-0.25, -0.2) is 4.68 Å². The molecule has 1 atom stereocenters. The first-order valence-electron chi connectivity index (χ1n) is 9.72. The first kappa shape index (κ1) is 16.6. The molecule has 0 unspecified atom stereocenters. The van der Waals surface area contributed by atoms with Crippen LogP contribution < -0.4 is 0 Å². The molecule has 7 heteroatoms. The van der Waals surface area contributed by atoms with E-state index in [9.17, 15) is 0 Å². The fourth-order valence-electron chi connectivity index (χ4n) is 4.01. The Labute approximate surface area is 157 Å². The van der Waals surface area contributed by atoms with Gasteiger partial charge in [-0.2, -0.15) is 4.98 Å². The molecule has 1 aliphatic carbocycles. The van der Waals surface area contributed by atoms with Crippen molar-refractivity contribution in [2.45, 2.75) is 64.2 Å². The summed E-state index contributed by atoms with van der Waals surface area (Å²) >= 11 is 0. The van der Waals surface area contributed by atoms with Gasteiger partial charge in [0.1, 0.15) is 6.10 Å². The van der Waals surface area contributed by atoms with Crippen LogP contribution in [0.2, 0.25) is 0 Å². The monoisotopic (exact) mass is 365 g/mol. The van der Waals surface area contributed by atoms with Crippen molar-refractivity contribution in [3.8, 4) is 11.5 Å². The lowest BCUT2D eigenvalue weighted by Gasteiger charge is -2.24. The van der Waals surface area contributed by atoms with Crippen LogP contribution in [0.4, 0.5) is 0 Å². The highest BCUT2D eigenvalue weighted by Gasteiger charge is 2.29. The van der Waals surface area contributed by atoms with Gasteiger partial charge in [-0.05, 0) is 25.3 Å². The van der Waals surface area contributed by atoms with Crippen molar-refractivity contribution >= 4 is 0 Å². The summed E-state index contributed by atoms with van der Waals surface area (Å²) in [4.78, 5) is 4.62. The van der Waals surface area contributed by atoms with Gasteiger partial charge in [0.05, 0.1) is 18.8 Å². The van der Waals surface area contributed by atoms with Gasteiger partial charge >= 0.3 is 0 Å². The molecule has 1 aliphatic heterocycles. The SMILES string of the molecule is Cc1ccc([C@@H]2Cn3nnc(-c4noc(C5CCCCC5)n4)c3CO2)cc1. The molecule has 0 amide bonds. The zero-order valence-corrected chi connectivity index (χ0v) is 15.5. The average molecular weight is 365 g/mol. The maximum absolute atomic E-state index is 6.09. The lowest BCUT2D eigenvalue weighted by Crippen LogP contribution is -2.22. The molecule has 1 fully saturated rings. The van der Waals surface area contributed by atoms with E-state index in [4.69, 9.17) is 9.26 Å². The predicted octanol–water partition coefficient (Wildman–Crippen LogP) is 3.96. The molecule has 2 aliphatic rings. The summed E-state index contributed by atoms with van der Waals surface area (Å²) in [5.74, 6) is 1.64. The zero-order valence-electron chi connectivity index (χ0n) is 15.5. The number of hydrogen-bond acceptors (Lipinski definition) is 6. The van der Waals surface area contributed by atoms with E-state index in [1.165, 1.54) is 24.8 Å². The van der Waals surface area contributed by atoms with Crippen molar-refractivity contribution in [3.05, 3.63) is 47.0 Å². The van der Waals surface area contributed by atoms with Crippen molar-refractivity contribution in [3.63, 3.8) is 0 Å². The number of nitrogens with zero attached hydrogens (tertiary/aromatic N) is 5. The van der Waals surface area contributed by atoms with Gasteiger partial charge in [0.2, 0.25) is 11.7 Å². The van der Waals surface area contributed by atoms with Crippen LogP contribution in [0.15, 0.2) is 28.8 Å². The Morgan fingerprint density at radius 1 is 1.07 bits per heavy atom. The van der Waals surface area contributed by atoms with E-state index in [0.717, 1.165) is 30.0 Å². The topological polar surface area (TPSA) is 78.9 Å². The number of aromatic nitrogens is 5. The molecule has 0 bridgehead atoms. The van der Waals surface area contributed by atoms with Crippen LogP contribution in [0.3, 0.4) is 0 Å². The molecule has 0 N–H and O–H groups in total. The van der Waals surface area contributed by atoms with Crippen molar-refractivity contribution in [1.29, 1.82) is 0 Å². The molecule has 2 aromatic heterocycles. The molecule has 5 rings (SSSR count). The molecule has 0 spiro atoms. The Bertz CT molecular complexity index is 924. The molecule has 1 saturated carbocycles. The average Bonchev–Trinajstić information content (AvgIpc) is 3.36. The third kappa shape index (κ3) is 3.16. The smallest absolute Gasteiger partial charge is 0.230 e. The standard InChI is InChI=1S/C20H23N5O2/c1-13-7-9-14(10-8-13)17-11-25-16(12-26-17)18(22-24-25)19-21-20(27-23-19)15-5-3-2-4-6-15/h7-10,15,17H,2-6,11-12H2,1H3/t17-/m0/s1. The first-order valence-corrected chi connectivity index (χ1v) is 9.72. The Balaban J connectivity index is 1.37. The molecule has 0 radical (unpaired) electrons. The van der Waals surface area contributed by atoms with Crippen LogP contribution >= 0.6 is 0 Å². The van der Waals surface area contributed by atoms with Crippen molar-refractivity contribution in [2.75, 3.05) is 0 Å². The minimum absolute atomic E-state index is 0.0179. The first-order chi connectivity index (χ1) is 13.3. The molecule has 0 saturated heterocycles. The van der Waals surface area contributed by atoms with E-state index in [2.05, 4.69) is 51.6 Å². The summed E-state index contributed by atoms with van der Waals surface area (Å²) in [5, 5.41) is 12.8. The summed E-state index contributed by atoms with van der Waals surface area (Å²) in [5.41, 5.74) is 3.98. The second-order valence-electron chi connectivity index (χ2n) is 7.57. The van der Waals surface area contributed by atoms with Gasteiger partial charge in [0.15, 0.2) is 5.69 Å². The number of aryl methyl sites for hydroxylation is 1. The zero-order chi connectivity index (χ0) is 18.2. The van der Waals surface area contributed by atoms with Crippen molar-refractivity contribution < 1.29 is 9.26 Å². The number of benzene rings is 1. The summed E-state index contributed by atoms with van der Waals surface area (Å²) in [6, 6.07) is 8.43. The van der Waals surface area contributed by atoms with E-state index in [1.54, 1.807) is 0 Å². The number of ether oxygens (including phenoxy) is 1. The Morgan fingerprint density at radius 2 is 1.89 bits per heavy atom. The number of rotatable bonds is 3. The highest BCUT2D eigenvalue weighted by atomic mass is 16.5. The third-order valence-electron chi connectivity index (χ3n) is 5.65. The highest BCUT2D eigenvalue weighted by Crippen LogP contribution is 2.34. The van der Waals surface area contributed by atoms with Crippen LogP contribution in [0.25, 0.3) is 11.5 Å². The fourth-order valence-corrected chi connectivity index (χ4v) is 4.01. The Kier molecular flexibility index (Phi) is 4.24. The minimum atomic E-state index is -0.0179. The maximum Gasteiger partial charge on any atom is 0.230 e. The molecule has 140 valence electrons. The number of fused-ring (bicyclic) bond motifs is 1. The Hall–Kier alpha value is -2.54. The second kappa shape index (κ2) is 6.88. The van der Waals surface area contributed by atoms with Crippen molar-refractivity contribution in [2.24, 2.45) is 0 Å². The lowest BCUT2D eigenvalue weighted by molar-refractivity contribution is -0.00112. The van der Waals surface area contributed by atoms with E-state index in [0.29, 0.717) is 30.6 Å². The van der Waals surface area contributed by atoms with E-state index < -0.39 is 0 Å². The van der Waals surface area contributed by atoms with Gasteiger partial charge < -0.3 is 9.26 Å². The fraction of sp³-hybridized carbons (Fsp3) is 0.500. The van der Waals surface area contributed by atoms with Gasteiger partial charge in [0, 0.05) is 5.92 Å². The molecule has 1 aromatic carbocycles. The summed E-state index contributed by atoms with van der Waals surface area (Å²) < 4.78 is 13.5. The molecule has 7 nitrogen and oxygen atoms in total. The van der Waals surface area contributed by atoms with E-state index in [1.807, 2.05) is 4.68 Å². The van der Waals surface area contributed by atoms with Crippen LogP contribution in [-0.2, 0) is 17.9 Å². The summed E-state index contributed by atoms with van der Waals surface area (Å²) in [6.07, 6.45) is 6.01. The number of hydrogen-bond donors (Lipinski definition) is 0. The molecule has 3 heterocycles. The van der Waals surface area contributed by atoms with Crippen LogP contribution in [0, 0.1) is 6.92 Å². The van der Waals surface area contributed by atoms with Crippen LogP contribution in [-0.4, -0.2) is 25.1 Å². The molecule has 3 aromatic rings. The summed E-state index contributed by atoms with van der Waals surface area (Å²) in [6.45, 7) is 3.16. The predicted molar refractivity (Wildman–Crippen MR) is 97.8 cm³/mol. The van der Waals surface area contributed by atoms with E-state index in [-0.39, 0.29) is 6.10 Å². The van der Waals surface area contributed by atoms with Gasteiger partial charge in [0.25, 0.3) is 0 Å². The Morgan fingerprint density at radius 3 is 2.70 bits per heavy atom. The van der Waals surface area contributed by atoms with E-state index >= 15 is 0 Å². The normalized spacial score (nSPS) is 20.6. The maximum atomic E-state index is 6.09. The second-order valence-corrected chi connectivity index (χ2v) is 7.57.